The number of methoxy groups -OCH3 is 2. The Hall–Kier alpha value is -3.32. The van der Waals surface area contributed by atoms with Gasteiger partial charge in [-0.3, -0.25) is 0 Å². The molecular formula is C24H27NO6. The van der Waals surface area contributed by atoms with E-state index in [0.29, 0.717) is 17.7 Å². The molecule has 2 aromatic rings. The standard InChI is InChI=1S/C24H27NO6/c1-16-10-23(17(2)9-19(16)11-25-31-14-20-13-29-20)30-12-18-7-5-6-8-21(18)22(15-27-3)24(26)28-4/h5-11,15,20H,12-14H2,1-4H3/b22-15+,25-11+. The molecule has 1 atom stereocenters. The van der Waals surface area contributed by atoms with Crippen molar-refractivity contribution in [3.05, 3.63) is 70.5 Å². The summed E-state index contributed by atoms with van der Waals surface area (Å²) in [7, 11) is 2.83. The number of oxime groups is 1. The normalized spacial score (nSPS) is 15.6. The number of carbonyl (C=O) groups excluding carboxylic acids is 1. The van der Waals surface area contributed by atoms with E-state index < -0.39 is 5.97 Å². The Balaban J connectivity index is 1.73. The highest BCUT2D eigenvalue weighted by Gasteiger charge is 2.23. The predicted molar refractivity (Wildman–Crippen MR) is 117 cm³/mol. The van der Waals surface area contributed by atoms with Crippen LogP contribution in [0.3, 0.4) is 0 Å². The van der Waals surface area contributed by atoms with E-state index in [9.17, 15) is 4.79 Å². The first kappa shape index (κ1) is 22.4. The Morgan fingerprint density at radius 3 is 2.68 bits per heavy atom. The van der Waals surface area contributed by atoms with E-state index in [1.165, 1.54) is 20.5 Å². The Kier molecular flexibility index (Phi) is 7.67. The third-order valence-electron chi connectivity index (χ3n) is 4.82. The number of hydrogen-bond donors (Lipinski definition) is 0. The topological polar surface area (TPSA) is 78.9 Å². The van der Waals surface area contributed by atoms with Gasteiger partial charge < -0.3 is 23.8 Å². The maximum absolute atomic E-state index is 12.2. The van der Waals surface area contributed by atoms with Crippen LogP contribution in [0.4, 0.5) is 0 Å². The number of rotatable bonds is 10. The molecule has 0 aliphatic carbocycles. The van der Waals surface area contributed by atoms with Crippen LogP contribution >= 0.6 is 0 Å². The van der Waals surface area contributed by atoms with E-state index >= 15 is 0 Å². The van der Waals surface area contributed by atoms with Gasteiger partial charge in [0, 0.05) is 0 Å². The molecule has 1 aliphatic heterocycles. The quantitative estimate of drug-likeness (QED) is 0.144. The Labute approximate surface area is 182 Å². The van der Waals surface area contributed by atoms with Gasteiger partial charge in [0.05, 0.1) is 33.3 Å². The van der Waals surface area contributed by atoms with Crippen molar-refractivity contribution in [2.24, 2.45) is 5.16 Å². The first-order valence-electron chi connectivity index (χ1n) is 9.94. The third kappa shape index (κ3) is 6.08. The molecule has 0 N–H and O–H groups in total. The molecule has 7 nitrogen and oxygen atoms in total. The second-order valence-corrected chi connectivity index (χ2v) is 7.16. The van der Waals surface area contributed by atoms with Crippen LogP contribution in [0.1, 0.15) is 27.8 Å². The predicted octanol–water partition coefficient (Wildman–Crippen LogP) is 3.79. The molecule has 1 aliphatic rings. The van der Waals surface area contributed by atoms with Crippen LogP contribution in [-0.4, -0.2) is 45.7 Å². The van der Waals surface area contributed by atoms with Gasteiger partial charge >= 0.3 is 5.97 Å². The van der Waals surface area contributed by atoms with Gasteiger partial charge in [-0.1, -0.05) is 29.4 Å². The SMILES string of the molecule is CO/C=C(/C(=O)OC)c1ccccc1COc1cc(C)c(/C=N/OCC2CO2)cc1C. The summed E-state index contributed by atoms with van der Waals surface area (Å²) < 4.78 is 21.1. The Morgan fingerprint density at radius 2 is 1.97 bits per heavy atom. The molecule has 0 spiro atoms. The van der Waals surface area contributed by atoms with Gasteiger partial charge in [0.1, 0.15) is 30.6 Å². The van der Waals surface area contributed by atoms with Crippen LogP contribution in [0, 0.1) is 13.8 Å². The lowest BCUT2D eigenvalue weighted by Gasteiger charge is -2.15. The van der Waals surface area contributed by atoms with E-state index in [-0.39, 0.29) is 12.7 Å². The molecule has 7 heteroatoms. The smallest absolute Gasteiger partial charge is 0.341 e. The second kappa shape index (κ2) is 10.6. The number of epoxide rings is 1. The van der Waals surface area contributed by atoms with Crippen molar-refractivity contribution >= 4 is 17.8 Å². The lowest BCUT2D eigenvalue weighted by molar-refractivity contribution is -0.133. The zero-order valence-corrected chi connectivity index (χ0v) is 18.2. The highest BCUT2D eigenvalue weighted by molar-refractivity contribution is 6.16. The minimum atomic E-state index is -0.472. The van der Waals surface area contributed by atoms with Gasteiger partial charge in [-0.05, 0) is 53.8 Å². The van der Waals surface area contributed by atoms with E-state index in [2.05, 4.69) is 5.16 Å². The van der Waals surface area contributed by atoms with Gasteiger partial charge in [-0.25, -0.2) is 4.79 Å². The molecule has 1 heterocycles. The molecule has 0 radical (unpaired) electrons. The zero-order valence-electron chi connectivity index (χ0n) is 18.2. The number of esters is 1. The summed E-state index contributed by atoms with van der Waals surface area (Å²) in [6.07, 6.45) is 3.25. The average molecular weight is 425 g/mol. The summed E-state index contributed by atoms with van der Waals surface area (Å²) in [6, 6.07) is 11.5. The molecule has 0 amide bonds. The fourth-order valence-electron chi connectivity index (χ4n) is 3.00. The zero-order chi connectivity index (χ0) is 22.2. The van der Waals surface area contributed by atoms with Gasteiger partial charge in [0.25, 0.3) is 0 Å². The van der Waals surface area contributed by atoms with Crippen LogP contribution < -0.4 is 4.74 Å². The van der Waals surface area contributed by atoms with Crippen molar-refractivity contribution in [3.8, 4) is 5.75 Å². The lowest BCUT2D eigenvalue weighted by atomic mass is 10.0. The van der Waals surface area contributed by atoms with Gasteiger partial charge in [0.2, 0.25) is 0 Å². The summed E-state index contributed by atoms with van der Waals surface area (Å²) in [5.41, 5.74) is 4.81. The van der Waals surface area contributed by atoms with E-state index in [1.807, 2.05) is 50.2 Å². The van der Waals surface area contributed by atoms with Crippen molar-refractivity contribution < 1.29 is 28.6 Å². The van der Waals surface area contributed by atoms with Crippen LogP contribution in [0.25, 0.3) is 5.57 Å². The van der Waals surface area contributed by atoms with Crippen molar-refractivity contribution in [1.82, 2.24) is 0 Å². The Morgan fingerprint density at radius 1 is 1.19 bits per heavy atom. The van der Waals surface area contributed by atoms with E-state index in [0.717, 1.165) is 34.6 Å². The summed E-state index contributed by atoms with van der Waals surface area (Å²) in [6.45, 7) is 5.46. The highest BCUT2D eigenvalue weighted by Crippen LogP contribution is 2.26. The van der Waals surface area contributed by atoms with Gasteiger partial charge in [0.15, 0.2) is 0 Å². The fourth-order valence-corrected chi connectivity index (χ4v) is 3.00. The van der Waals surface area contributed by atoms with E-state index in [1.54, 1.807) is 6.21 Å². The molecule has 0 bridgehead atoms. The molecule has 1 unspecified atom stereocenters. The van der Waals surface area contributed by atoms with Crippen LogP contribution in [0.15, 0.2) is 47.8 Å². The monoisotopic (exact) mass is 425 g/mol. The maximum Gasteiger partial charge on any atom is 0.341 e. The number of aryl methyl sites for hydroxylation is 2. The lowest BCUT2D eigenvalue weighted by Crippen LogP contribution is -2.08. The molecule has 0 aromatic heterocycles. The number of benzene rings is 2. The summed E-state index contributed by atoms with van der Waals surface area (Å²) in [4.78, 5) is 17.4. The molecule has 1 fully saturated rings. The molecule has 3 rings (SSSR count). The van der Waals surface area contributed by atoms with Crippen LogP contribution in [0.5, 0.6) is 5.75 Å². The molecular weight excluding hydrogens is 398 g/mol. The first-order chi connectivity index (χ1) is 15.0. The molecule has 0 saturated carbocycles. The number of hydrogen-bond acceptors (Lipinski definition) is 7. The average Bonchev–Trinajstić information content (AvgIpc) is 3.60. The fraction of sp³-hybridized carbons (Fsp3) is 0.333. The molecule has 2 aromatic carbocycles. The summed E-state index contributed by atoms with van der Waals surface area (Å²) >= 11 is 0. The molecule has 31 heavy (non-hydrogen) atoms. The Bertz CT molecular complexity index is 978. The number of carbonyl (C=O) groups is 1. The summed E-state index contributed by atoms with van der Waals surface area (Å²) in [5.74, 6) is 0.285. The second-order valence-electron chi connectivity index (χ2n) is 7.16. The summed E-state index contributed by atoms with van der Waals surface area (Å²) in [5, 5.41) is 4.01. The van der Waals surface area contributed by atoms with Gasteiger partial charge in [-0.15, -0.1) is 0 Å². The van der Waals surface area contributed by atoms with Crippen LogP contribution in [0.2, 0.25) is 0 Å². The maximum atomic E-state index is 12.2. The van der Waals surface area contributed by atoms with Crippen molar-refractivity contribution in [1.29, 1.82) is 0 Å². The van der Waals surface area contributed by atoms with Crippen LogP contribution in [-0.2, 0) is 30.4 Å². The number of ether oxygens (including phenoxy) is 4. The highest BCUT2D eigenvalue weighted by atomic mass is 16.7. The number of nitrogens with zero attached hydrogens (tertiary/aromatic N) is 1. The molecule has 164 valence electrons. The van der Waals surface area contributed by atoms with Gasteiger partial charge in [-0.2, -0.15) is 0 Å². The van der Waals surface area contributed by atoms with E-state index in [4.69, 9.17) is 23.8 Å². The minimum Gasteiger partial charge on any atom is -0.503 e. The molecule has 1 saturated heterocycles. The van der Waals surface area contributed by atoms with Crippen molar-refractivity contribution in [3.63, 3.8) is 0 Å². The first-order valence-corrected chi connectivity index (χ1v) is 9.94. The third-order valence-corrected chi connectivity index (χ3v) is 4.82. The minimum absolute atomic E-state index is 0.178. The van der Waals surface area contributed by atoms with Crippen molar-refractivity contribution in [2.45, 2.75) is 26.6 Å². The van der Waals surface area contributed by atoms with Crippen molar-refractivity contribution in [2.75, 3.05) is 27.4 Å². The largest absolute Gasteiger partial charge is 0.503 e.